The van der Waals surface area contributed by atoms with Crippen LogP contribution in [0.1, 0.15) is 23.2 Å². The lowest BCUT2D eigenvalue weighted by atomic mass is 10.2. The highest BCUT2D eigenvalue weighted by molar-refractivity contribution is 5.93. The molecule has 0 atom stereocenters. The molecule has 0 unspecified atom stereocenters. The first-order valence-corrected chi connectivity index (χ1v) is 5.79. The van der Waals surface area contributed by atoms with E-state index >= 15 is 0 Å². The molecule has 1 aliphatic carbocycles. The molecule has 2 rings (SSSR count). The quantitative estimate of drug-likeness (QED) is 0.764. The largest absolute Gasteiger partial charge is 0.480 e. The molecule has 6 heteroatoms. The van der Waals surface area contributed by atoms with Gasteiger partial charge in [-0.25, -0.2) is 4.98 Å². The van der Waals surface area contributed by atoms with Gasteiger partial charge >= 0.3 is 5.97 Å². The van der Waals surface area contributed by atoms with Crippen molar-refractivity contribution in [3.8, 4) is 0 Å². The average molecular weight is 249 g/mol. The van der Waals surface area contributed by atoms with Gasteiger partial charge in [-0.05, 0) is 30.9 Å². The standard InChI is InChI=1S/C12H15N3O3/c13-12(18)9-3-4-14-10(5-9)15(7-11(16)17)6-8-1-2-8/h3-5,8H,1-2,6-7H2,(H2,13,18)(H,16,17). The molecule has 0 bridgehead atoms. The normalized spacial score (nSPS) is 14.2. The molecule has 1 saturated carbocycles. The summed E-state index contributed by atoms with van der Waals surface area (Å²) in [5.41, 5.74) is 5.54. The summed E-state index contributed by atoms with van der Waals surface area (Å²) in [5.74, 6) is -0.439. The Balaban J connectivity index is 2.19. The van der Waals surface area contributed by atoms with E-state index in [4.69, 9.17) is 10.8 Å². The molecule has 0 aliphatic heterocycles. The van der Waals surface area contributed by atoms with Gasteiger partial charge in [0.2, 0.25) is 5.91 Å². The lowest BCUT2D eigenvalue weighted by Gasteiger charge is -2.21. The van der Waals surface area contributed by atoms with E-state index in [1.54, 1.807) is 4.90 Å². The first kappa shape index (κ1) is 12.3. The molecule has 0 radical (unpaired) electrons. The van der Waals surface area contributed by atoms with Gasteiger partial charge in [0.05, 0.1) is 0 Å². The van der Waals surface area contributed by atoms with Crippen LogP contribution in [0.5, 0.6) is 0 Å². The first-order chi connectivity index (χ1) is 8.56. The minimum atomic E-state index is -0.915. The van der Waals surface area contributed by atoms with Crippen LogP contribution in [-0.2, 0) is 4.79 Å². The van der Waals surface area contributed by atoms with Gasteiger partial charge in [0.1, 0.15) is 12.4 Å². The third kappa shape index (κ3) is 3.19. The maximum absolute atomic E-state index is 11.1. The molecule has 1 aromatic heterocycles. The SMILES string of the molecule is NC(=O)c1ccnc(N(CC(=O)O)CC2CC2)c1. The summed E-state index contributed by atoms with van der Waals surface area (Å²) in [6.45, 7) is 0.535. The molecule has 1 aromatic rings. The molecule has 1 heterocycles. The predicted octanol–water partition coefficient (Wildman–Crippen LogP) is 0.481. The Morgan fingerprint density at radius 2 is 2.22 bits per heavy atom. The van der Waals surface area contributed by atoms with E-state index in [1.165, 1.54) is 18.3 Å². The van der Waals surface area contributed by atoms with Crippen molar-refractivity contribution in [3.63, 3.8) is 0 Å². The first-order valence-electron chi connectivity index (χ1n) is 5.79. The number of anilines is 1. The van der Waals surface area contributed by atoms with Gasteiger partial charge < -0.3 is 15.7 Å². The number of carbonyl (C=O) groups excluding carboxylic acids is 1. The summed E-state index contributed by atoms with van der Waals surface area (Å²) in [4.78, 5) is 27.7. The number of hydrogen-bond donors (Lipinski definition) is 2. The van der Waals surface area contributed by atoms with Gasteiger partial charge in [-0.2, -0.15) is 0 Å². The Bertz CT molecular complexity index is 471. The maximum Gasteiger partial charge on any atom is 0.323 e. The van der Waals surface area contributed by atoms with Crippen LogP contribution < -0.4 is 10.6 Å². The van der Waals surface area contributed by atoms with E-state index in [-0.39, 0.29) is 6.54 Å². The van der Waals surface area contributed by atoms with Crippen molar-refractivity contribution in [3.05, 3.63) is 23.9 Å². The molecule has 1 amide bonds. The van der Waals surface area contributed by atoms with Crippen molar-refractivity contribution in [2.45, 2.75) is 12.8 Å². The Morgan fingerprint density at radius 1 is 1.50 bits per heavy atom. The van der Waals surface area contributed by atoms with Gasteiger partial charge in [0, 0.05) is 18.3 Å². The van der Waals surface area contributed by atoms with Crippen molar-refractivity contribution in [1.82, 2.24) is 4.98 Å². The molecular formula is C12H15N3O3. The van der Waals surface area contributed by atoms with Crippen molar-refractivity contribution in [1.29, 1.82) is 0 Å². The smallest absolute Gasteiger partial charge is 0.323 e. The fraction of sp³-hybridized carbons (Fsp3) is 0.417. The second kappa shape index (κ2) is 5.03. The Labute approximate surface area is 104 Å². The number of carbonyl (C=O) groups is 2. The molecule has 0 aromatic carbocycles. The third-order valence-corrected chi connectivity index (χ3v) is 2.86. The Hall–Kier alpha value is -2.11. The van der Waals surface area contributed by atoms with Gasteiger partial charge in [-0.3, -0.25) is 9.59 Å². The topological polar surface area (TPSA) is 96.5 Å². The average Bonchev–Trinajstić information content (AvgIpc) is 3.12. The molecule has 1 aliphatic rings. The number of primary amides is 1. The van der Waals surface area contributed by atoms with Crippen LogP contribution in [0.25, 0.3) is 0 Å². The van der Waals surface area contributed by atoms with Crippen LogP contribution in [0, 0.1) is 5.92 Å². The molecule has 0 saturated heterocycles. The highest BCUT2D eigenvalue weighted by Gasteiger charge is 2.26. The number of pyridine rings is 1. The van der Waals surface area contributed by atoms with Crippen LogP contribution in [0.3, 0.4) is 0 Å². The fourth-order valence-electron chi connectivity index (χ4n) is 1.76. The van der Waals surface area contributed by atoms with Crippen LogP contribution in [-0.4, -0.2) is 35.1 Å². The minimum Gasteiger partial charge on any atom is -0.480 e. The molecular weight excluding hydrogens is 234 g/mol. The van der Waals surface area contributed by atoms with E-state index in [0.29, 0.717) is 23.8 Å². The van der Waals surface area contributed by atoms with E-state index in [2.05, 4.69) is 4.98 Å². The summed E-state index contributed by atoms with van der Waals surface area (Å²) in [6, 6.07) is 3.05. The molecule has 3 N–H and O–H groups in total. The minimum absolute atomic E-state index is 0.119. The lowest BCUT2D eigenvalue weighted by molar-refractivity contribution is -0.135. The number of amides is 1. The fourth-order valence-corrected chi connectivity index (χ4v) is 1.76. The zero-order chi connectivity index (χ0) is 13.1. The molecule has 0 spiro atoms. The predicted molar refractivity (Wildman–Crippen MR) is 65.3 cm³/mol. The summed E-state index contributed by atoms with van der Waals surface area (Å²) in [6.07, 6.45) is 3.70. The number of aliphatic carboxylic acids is 1. The van der Waals surface area contributed by atoms with E-state index < -0.39 is 11.9 Å². The Kier molecular flexibility index (Phi) is 3.45. The van der Waals surface area contributed by atoms with Gasteiger partial charge in [0.15, 0.2) is 0 Å². The van der Waals surface area contributed by atoms with Crippen molar-refractivity contribution in [2.75, 3.05) is 18.0 Å². The molecule has 6 nitrogen and oxygen atoms in total. The third-order valence-electron chi connectivity index (χ3n) is 2.86. The number of carboxylic acid groups (broad SMARTS) is 1. The van der Waals surface area contributed by atoms with E-state index in [1.807, 2.05) is 0 Å². The van der Waals surface area contributed by atoms with Crippen LogP contribution in [0.15, 0.2) is 18.3 Å². The number of nitrogens with zero attached hydrogens (tertiary/aromatic N) is 2. The zero-order valence-electron chi connectivity index (χ0n) is 9.87. The van der Waals surface area contributed by atoms with Gasteiger partial charge in [-0.15, -0.1) is 0 Å². The van der Waals surface area contributed by atoms with Crippen LogP contribution >= 0.6 is 0 Å². The number of hydrogen-bond acceptors (Lipinski definition) is 4. The maximum atomic E-state index is 11.1. The molecule has 1 fully saturated rings. The van der Waals surface area contributed by atoms with E-state index in [9.17, 15) is 9.59 Å². The molecule has 96 valence electrons. The number of carboxylic acids is 1. The zero-order valence-corrected chi connectivity index (χ0v) is 9.87. The second-order valence-electron chi connectivity index (χ2n) is 4.48. The number of rotatable bonds is 6. The highest BCUT2D eigenvalue weighted by atomic mass is 16.4. The highest BCUT2D eigenvalue weighted by Crippen LogP contribution is 2.31. The monoisotopic (exact) mass is 249 g/mol. The van der Waals surface area contributed by atoms with Crippen LogP contribution in [0.2, 0.25) is 0 Å². The summed E-state index contributed by atoms with van der Waals surface area (Å²) in [7, 11) is 0. The van der Waals surface area contributed by atoms with E-state index in [0.717, 1.165) is 12.8 Å². The number of nitrogens with two attached hydrogens (primary N) is 1. The van der Waals surface area contributed by atoms with Crippen LogP contribution in [0.4, 0.5) is 5.82 Å². The summed E-state index contributed by atoms with van der Waals surface area (Å²) in [5, 5.41) is 8.90. The molecule has 18 heavy (non-hydrogen) atoms. The van der Waals surface area contributed by atoms with Gasteiger partial charge in [0.25, 0.3) is 0 Å². The van der Waals surface area contributed by atoms with Crippen molar-refractivity contribution < 1.29 is 14.7 Å². The second-order valence-corrected chi connectivity index (χ2v) is 4.48. The van der Waals surface area contributed by atoms with Crippen molar-refractivity contribution >= 4 is 17.7 Å². The Morgan fingerprint density at radius 3 is 2.78 bits per heavy atom. The lowest BCUT2D eigenvalue weighted by Crippen LogP contribution is -2.32. The summed E-state index contributed by atoms with van der Waals surface area (Å²) >= 11 is 0. The van der Waals surface area contributed by atoms with Crippen molar-refractivity contribution in [2.24, 2.45) is 11.7 Å². The number of aromatic nitrogens is 1. The summed E-state index contributed by atoms with van der Waals surface area (Å²) < 4.78 is 0. The van der Waals surface area contributed by atoms with Gasteiger partial charge in [-0.1, -0.05) is 0 Å².